The number of benzene rings is 5. The first-order valence-electron chi connectivity index (χ1n) is 11.0. The highest BCUT2D eigenvalue weighted by Crippen LogP contribution is 2.60. The molecule has 2 aliphatic rings. The van der Waals surface area contributed by atoms with E-state index in [9.17, 15) is 0 Å². The molecule has 0 radical (unpaired) electrons. The van der Waals surface area contributed by atoms with Crippen molar-refractivity contribution in [3.05, 3.63) is 144 Å². The molecule has 1 spiro atoms. The zero-order valence-corrected chi connectivity index (χ0v) is 17.5. The molecule has 5 aromatic rings. The largest absolute Gasteiger partial charge is 0.457 e. The van der Waals surface area contributed by atoms with Gasteiger partial charge in [-0.2, -0.15) is 0 Å². The van der Waals surface area contributed by atoms with Gasteiger partial charge in [0.25, 0.3) is 0 Å². The molecule has 0 N–H and O–H groups in total. The molecule has 0 fully saturated rings. The summed E-state index contributed by atoms with van der Waals surface area (Å²) in [6, 6.07) is 43.6. The number of ether oxygens (including phenoxy) is 1. The van der Waals surface area contributed by atoms with Gasteiger partial charge < -0.3 is 4.74 Å². The van der Waals surface area contributed by atoms with Crippen LogP contribution in [-0.4, -0.2) is 0 Å². The van der Waals surface area contributed by atoms with E-state index in [-0.39, 0.29) is 0 Å². The van der Waals surface area contributed by atoms with Gasteiger partial charge in [0.15, 0.2) is 0 Å². The molecule has 1 aliphatic heterocycles. The molecule has 0 amide bonds. The minimum Gasteiger partial charge on any atom is -0.457 e. The highest BCUT2D eigenvalue weighted by atomic mass is 16.5. The van der Waals surface area contributed by atoms with Crippen LogP contribution in [-0.2, 0) is 5.41 Å². The lowest BCUT2D eigenvalue weighted by Gasteiger charge is -2.42. The summed E-state index contributed by atoms with van der Waals surface area (Å²) in [7, 11) is 0. The van der Waals surface area contributed by atoms with Gasteiger partial charge in [-0.25, -0.2) is 0 Å². The van der Waals surface area contributed by atoms with Crippen molar-refractivity contribution >= 4 is 0 Å². The lowest BCUT2D eigenvalue weighted by molar-refractivity contribution is 0.435. The van der Waals surface area contributed by atoms with Crippen molar-refractivity contribution in [3.8, 4) is 33.8 Å². The normalized spacial score (nSPS) is 14.1. The molecule has 7 rings (SSSR count). The summed E-state index contributed by atoms with van der Waals surface area (Å²) in [6.07, 6.45) is 0. The van der Waals surface area contributed by atoms with Gasteiger partial charge in [-0.1, -0.05) is 109 Å². The maximum atomic E-state index is 6.45. The van der Waals surface area contributed by atoms with E-state index in [2.05, 4.69) is 121 Å². The van der Waals surface area contributed by atoms with Crippen LogP contribution in [0.5, 0.6) is 11.5 Å². The molecule has 1 heteroatoms. The van der Waals surface area contributed by atoms with Crippen molar-refractivity contribution < 1.29 is 4.74 Å². The minimum absolute atomic E-state index is 0.475. The van der Waals surface area contributed by atoms with Crippen LogP contribution in [0.2, 0.25) is 0 Å². The Morgan fingerprint density at radius 3 is 1.16 bits per heavy atom. The second kappa shape index (κ2) is 6.45. The number of hydrogen-bond acceptors (Lipinski definition) is 1. The van der Waals surface area contributed by atoms with Crippen LogP contribution < -0.4 is 4.74 Å². The summed E-state index contributed by atoms with van der Waals surface area (Å²) in [4.78, 5) is 0. The van der Waals surface area contributed by atoms with Gasteiger partial charge in [0.2, 0.25) is 0 Å². The van der Waals surface area contributed by atoms with Crippen molar-refractivity contribution in [2.75, 3.05) is 0 Å². The van der Waals surface area contributed by atoms with E-state index in [1.807, 2.05) is 0 Å². The van der Waals surface area contributed by atoms with Crippen LogP contribution in [0, 0.1) is 0 Å². The fourth-order valence-corrected chi connectivity index (χ4v) is 5.76. The smallest absolute Gasteiger partial charge is 0.132 e. The van der Waals surface area contributed by atoms with Gasteiger partial charge in [-0.05, 0) is 45.5 Å². The van der Waals surface area contributed by atoms with E-state index < -0.39 is 5.41 Å². The molecule has 0 saturated carbocycles. The van der Waals surface area contributed by atoms with E-state index in [4.69, 9.17) is 4.74 Å². The van der Waals surface area contributed by atoms with Crippen LogP contribution >= 0.6 is 0 Å². The van der Waals surface area contributed by atoms with E-state index in [1.54, 1.807) is 0 Å². The molecule has 1 aliphatic carbocycles. The summed E-state index contributed by atoms with van der Waals surface area (Å²) in [6.45, 7) is 0. The summed E-state index contributed by atoms with van der Waals surface area (Å²) < 4.78 is 6.45. The standard InChI is InChI=1S/C31H20O/c1-2-12-22-21(11-1)23-13-3-5-15-25(23)31(26-16-6-4-14-24(22)26)27-17-7-9-19-29(27)32-30-20-10-8-18-28(30)31/h1-20H. The Morgan fingerprint density at radius 1 is 0.344 bits per heavy atom. The Balaban J connectivity index is 1.77. The first-order chi connectivity index (χ1) is 15.9. The predicted octanol–water partition coefficient (Wildman–Crippen LogP) is 7.82. The van der Waals surface area contributed by atoms with E-state index in [0.717, 1.165) is 11.5 Å². The third kappa shape index (κ3) is 2.13. The third-order valence-corrected chi connectivity index (χ3v) is 6.97. The van der Waals surface area contributed by atoms with Crippen molar-refractivity contribution in [2.45, 2.75) is 5.41 Å². The number of rotatable bonds is 0. The zero-order chi connectivity index (χ0) is 21.1. The number of hydrogen-bond donors (Lipinski definition) is 0. The molecule has 1 nitrogen and oxygen atoms in total. The molecule has 32 heavy (non-hydrogen) atoms. The van der Waals surface area contributed by atoms with E-state index in [0.29, 0.717) is 0 Å². The van der Waals surface area contributed by atoms with E-state index in [1.165, 1.54) is 44.5 Å². The monoisotopic (exact) mass is 408 g/mol. The van der Waals surface area contributed by atoms with Crippen molar-refractivity contribution in [3.63, 3.8) is 0 Å². The van der Waals surface area contributed by atoms with Gasteiger partial charge in [-0.15, -0.1) is 0 Å². The summed E-state index contributed by atoms with van der Waals surface area (Å²) in [5.74, 6) is 1.84. The van der Waals surface area contributed by atoms with Gasteiger partial charge in [-0.3, -0.25) is 0 Å². The SMILES string of the molecule is c1ccc2c(c1)Oc1ccccc1C21c2ccccc2-c2ccccc2-c2ccccc21. The molecule has 5 aromatic carbocycles. The van der Waals surface area contributed by atoms with Gasteiger partial charge in [0, 0.05) is 11.1 Å². The molecular formula is C31H20O. The highest BCUT2D eigenvalue weighted by molar-refractivity contribution is 5.93. The topological polar surface area (TPSA) is 9.23 Å². The average molecular weight is 409 g/mol. The Morgan fingerprint density at radius 2 is 0.688 bits per heavy atom. The second-order valence-corrected chi connectivity index (χ2v) is 8.48. The Bertz CT molecular complexity index is 1400. The molecular weight excluding hydrogens is 388 g/mol. The average Bonchev–Trinajstić information content (AvgIpc) is 2.97. The molecule has 0 unspecified atom stereocenters. The van der Waals surface area contributed by atoms with Gasteiger partial charge in [0.1, 0.15) is 11.5 Å². The van der Waals surface area contributed by atoms with Gasteiger partial charge in [0.05, 0.1) is 5.41 Å². The molecule has 0 aromatic heterocycles. The maximum absolute atomic E-state index is 6.45. The Hall–Kier alpha value is -4.10. The molecule has 0 atom stereocenters. The molecule has 0 bridgehead atoms. The molecule has 150 valence electrons. The van der Waals surface area contributed by atoms with Crippen LogP contribution in [0.15, 0.2) is 121 Å². The minimum atomic E-state index is -0.475. The van der Waals surface area contributed by atoms with Crippen molar-refractivity contribution in [1.29, 1.82) is 0 Å². The number of para-hydroxylation sites is 2. The fourth-order valence-electron chi connectivity index (χ4n) is 5.76. The Kier molecular flexibility index (Phi) is 3.54. The van der Waals surface area contributed by atoms with E-state index >= 15 is 0 Å². The quantitative estimate of drug-likeness (QED) is 0.248. The third-order valence-electron chi connectivity index (χ3n) is 6.97. The van der Waals surface area contributed by atoms with Crippen LogP contribution in [0.4, 0.5) is 0 Å². The van der Waals surface area contributed by atoms with Crippen LogP contribution in [0.3, 0.4) is 0 Å². The number of fused-ring (bicyclic) bond motifs is 11. The Labute approximate surface area is 187 Å². The van der Waals surface area contributed by atoms with Crippen LogP contribution in [0.1, 0.15) is 22.3 Å². The first kappa shape index (κ1) is 17.6. The first-order valence-corrected chi connectivity index (χ1v) is 11.0. The fraction of sp³-hybridized carbons (Fsp3) is 0.0323. The molecule has 0 saturated heterocycles. The highest BCUT2D eigenvalue weighted by Gasteiger charge is 2.48. The lowest BCUT2D eigenvalue weighted by atomic mass is 9.62. The predicted molar refractivity (Wildman–Crippen MR) is 129 cm³/mol. The summed E-state index contributed by atoms with van der Waals surface area (Å²) in [5, 5.41) is 0. The maximum Gasteiger partial charge on any atom is 0.132 e. The zero-order valence-electron chi connectivity index (χ0n) is 17.5. The summed E-state index contributed by atoms with van der Waals surface area (Å²) in [5.41, 5.74) is 9.57. The lowest BCUT2D eigenvalue weighted by Crippen LogP contribution is -2.34. The molecule has 1 heterocycles. The summed E-state index contributed by atoms with van der Waals surface area (Å²) >= 11 is 0. The van der Waals surface area contributed by atoms with Crippen molar-refractivity contribution in [1.82, 2.24) is 0 Å². The van der Waals surface area contributed by atoms with Crippen molar-refractivity contribution in [2.24, 2.45) is 0 Å². The second-order valence-electron chi connectivity index (χ2n) is 8.48. The van der Waals surface area contributed by atoms with Crippen LogP contribution in [0.25, 0.3) is 22.3 Å². The van der Waals surface area contributed by atoms with Gasteiger partial charge >= 0.3 is 0 Å².